The number of hydrogen-bond donors (Lipinski definition) is 4. The Hall–Kier alpha value is -1.34. The molecule has 1 saturated heterocycles. The Kier molecular flexibility index (Phi) is 4.92. The van der Waals surface area contributed by atoms with Gasteiger partial charge in [0.1, 0.15) is 0 Å². The molecule has 1 aliphatic heterocycles. The van der Waals surface area contributed by atoms with Crippen molar-refractivity contribution in [3.05, 3.63) is 0 Å². The maximum absolute atomic E-state index is 11.5. The Morgan fingerprint density at radius 1 is 1.50 bits per heavy atom. The van der Waals surface area contributed by atoms with Crippen molar-refractivity contribution in [2.24, 2.45) is 0 Å². The van der Waals surface area contributed by atoms with E-state index < -0.39 is 17.6 Å². The van der Waals surface area contributed by atoms with Gasteiger partial charge in [0.15, 0.2) is 5.60 Å². The number of rotatable bonds is 4. The zero-order valence-electron chi connectivity index (χ0n) is 10.6. The van der Waals surface area contributed by atoms with Gasteiger partial charge >= 0.3 is 12.0 Å². The first kappa shape index (κ1) is 14.7. The summed E-state index contributed by atoms with van der Waals surface area (Å²) in [6, 6.07) is -0.459. The minimum absolute atomic E-state index is 0.0172. The Balaban J connectivity index is 2.31. The normalized spacial score (nSPS) is 27.1. The molecule has 1 rings (SSSR count). The number of ether oxygens (including phenoxy) is 1. The maximum Gasteiger partial charge on any atom is 0.337 e. The van der Waals surface area contributed by atoms with E-state index in [1.807, 2.05) is 6.92 Å². The minimum atomic E-state index is -1.96. The van der Waals surface area contributed by atoms with Crippen LogP contribution in [0.3, 0.4) is 0 Å². The van der Waals surface area contributed by atoms with E-state index in [9.17, 15) is 14.7 Å². The van der Waals surface area contributed by atoms with Crippen LogP contribution in [0.25, 0.3) is 0 Å². The summed E-state index contributed by atoms with van der Waals surface area (Å²) in [7, 11) is 0. The first-order chi connectivity index (χ1) is 8.31. The second kappa shape index (κ2) is 6.01. The predicted octanol–water partition coefficient (Wildman–Crippen LogP) is -0.311. The van der Waals surface area contributed by atoms with E-state index in [1.165, 1.54) is 0 Å². The Morgan fingerprint density at radius 2 is 2.17 bits per heavy atom. The van der Waals surface area contributed by atoms with Gasteiger partial charge in [0.25, 0.3) is 0 Å². The average molecular weight is 260 g/mol. The fourth-order valence-corrected chi connectivity index (χ4v) is 1.69. The van der Waals surface area contributed by atoms with Gasteiger partial charge in [-0.05, 0) is 26.7 Å². The van der Waals surface area contributed by atoms with Crippen LogP contribution in [0, 0.1) is 0 Å². The predicted molar refractivity (Wildman–Crippen MR) is 63.2 cm³/mol. The SMILES string of the molecule is CC1CC(NC(=O)NCC(C)(O)C(=O)O)CCO1. The highest BCUT2D eigenvalue weighted by Crippen LogP contribution is 2.12. The van der Waals surface area contributed by atoms with E-state index in [4.69, 9.17) is 9.84 Å². The minimum Gasteiger partial charge on any atom is -0.479 e. The lowest BCUT2D eigenvalue weighted by atomic mass is 10.0. The van der Waals surface area contributed by atoms with Gasteiger partial charge in [-0.15, -0.1) is 0 Å². The standard InChI is InChI=1S/C11H20N2O5/c1-7-5-8(3-4-18-7)13-10(16)12-6-11(2,17)9(14)15/h7-8,17H,3-6H2,1-2H3,(H,14,15)(H2,12,13,16). The fourth-order valence-electron chi connectivity index (χ4n) is 1.69. The highest BCUT2D eigenvalue weighted by Gasteiger charge is 2.30. The highest BCUT2D eigenvalue weighted by molar-refractivity contribution is 5.79. The molecular weight excluding hydrogens is 240 g/mol. The van der Waals surface area contributed by atoms with E-state index >= 15 is 0 Å². The molecule has 3 unspecified atom stereocenters. The molecule has 18 heavy (non-hydrogen) atoms. The summed E-state index contributed by atoms with van der Waals surface area (Å²) in [5, 5.41) is 23.2. The van der Waals surface area contributed by atoms with Gasteiger partial charge in [-0.25, -0.2) is 9.59 Å². The van der Waals surface area contributed by atoms with Gasteiger partial charge in [0.05, 0.1) is 12.6 Å². The quantitative estimate of drug-likeness (QED) is 0.554. The van der Waals surface area contributed by atoms with Crippen LogP contribution in [0.2, 0.25) is 0 Å². The molecule has 1 fully saturated rings. The Labute approximate surface area is 106 Å². The van der Waals surface area contributed by atoms with E-state index in [2.05, 4.69) is 10.6 Å². The zero-order chi connectivity index (χ0) is 13.8. The maximum atomic E-state index is 11.5. The molecule has 3 atom stereocenters. The van der Waals surface area contributed by atoms with Gasteiger partial charge in [-0.2, -0.15) is 0 Å². The van der Waals surface area contributed by atoms with E-state index in [0.29, 0.717) is 6.61 Å². The molecule has 7 nitrogen and oxygen atoms in total. The number of carboxylic acids is 1. The van der Waals surface area contributed by atoms with Gasteiger partial charge in [0.2, 0.25) is 0 Å². The number of urea groups is 1. The average Bonchev–Trinajstić information content (AvgIpc) is 2.26. The van der Waals surface area contributed by atoms with Crippen LogP contribution in [0.5, 0.6) is 0 Å². The smallest absolute Gasteiger partial charge is 0.337 e. The van der Waals surface area contributed by atoms with Crippen molar-refractivity contribution in [2.45, 2.75) is 44.4 Å². The third-order valence-corrected chi connectivity index (χ3v) is 2.87. The number of carbonyl (C=O) groups is 2. The summed E-state index contributed by atoms with van der Waals surface area (Å²) in [6.45, 7) is 3.32. The summed E-state index contributed by atoms with van der Waals surface area (Å²) in [6.07, 6.45) is 1.56. The molecule has 0 aromatic heterocycles. The third-order valence-electron chi connectivity index (χ3n) is 2.87. The molecule has 0 radical (unpaired) electrons. The van der Waals surface area contributed by atoms with Crippen molar-refractivity contribution < 1.29 is 24.5 Å². The summed E-state index contributed by atoms with van der Waals surface area (Å²) in [5.41, 5.74) is -1.96. The second-order valence-corrected chi connectivity index (χ2v) is 4.81. The first-order valence-corrected chi connectivity index (χ1v) is 5.93. The summed E-state index contributed by atoms with van der Waals surface area (Å²) < 4.78 is 5.35. The van der Waals surface area contributed by atoms with Gasteiger partial charge in [-0.3, -0.25) is 0 Å². The lowest BCUT2D eigenvalue weighted by Gasteiger charge is -2.28. The fraction of sp³-hybridized carbons (Fsp3) is 0.818. The summed E-state index contributed by atoms with van der Waals surface area (Å²) in [4.78, 5) is 22.1. The van der Waals surface area contributed by atoms with Crippen molar-refractivity contribution in [3.63, 3.8) is 0 Å². The van der Waals surface area contributed by atoms with Crippen LogP contribution in [-0.4, -0.2) is 53.1 Å². The largest absolute Gasteiger partial charge is 0.479 e. The molecule has 104 valence electrons. The molecule has 1 heterocycles. The number of carbonyl (C=O) groups excluding carboxylic acids is 1. The monoisotopic (exact) mass is 260 g/mol. The highest BCUT2D eigenvalue weighted by atomic mass is 16.5. The first-order valence-electron chi connectivity index (χ1n) is 5.93. The topological polar surface area (TPSA) is 108 Å². The van der Waals surface area contributed by atoms with Gasteiger partial charge in [0, 0.05) is 12.6 Å². The molecule has 0 aromatic rings. The number of hydrogen-bond acceptors (Lipinski definition) is 4. The third kappa shape index (κ3) is 4.50. The van der Waals surface area contributed by atoms with Crippen molar-refractivity contribution in [2.75, 3.05) is 13.2 Å². The number of amides is 2. The molecule has 7 heteroatoms. The molecule has 0 bridgehead atoms. The van der Waals surface area contributed by atoms with Crippen LogP contribution in [0.4, 0.5) is 4.79 Å². The molecule has 2 amide bonds. The van der Waals surface area contributed by atoms with E-state index in [1.54, 1.807) is 0 Å². The number of carboxylic acid groups (broad SMARTS) is 1. The second-order valence-electron chi connectivity index (χ2n) is 4.81. The Bertz CT molecular complexity index is 319. The van der Waals surface area contributed by atoms with Crippen molar-refractivity contribution in [3.8, 4) is 0 Å². The van der Waals surface area contributed by atoms with Crippen LogP contribution in [0.1, 0.15) is 26.7 Å². The molecular formula is C11H20N2O5. The van der Waals surface area contributed by atoms with E-state index in [-0.39, 0.29) is 18.7 Å². The number of aliphatic carboxylic acids is 1. The zero-order valence-corrected chi connectivity index (χ0v) is 10.6. The van der Waals surface area contributed by atoms with Gasteiger partial charge in [-0.1, -0.05) is 0 Å². The van der Waals surface area contributed by atoms with Crippen LogP contribution in [-0.2, 0) is 9.53 Å². The Morgan fingerprint density at radius 3 is 2.72 bits per heavy atom. The van der Waals surface area contributed by atoms with Crippen molar-refractivity contribution in [1.82, 2.24) is 10.6 Å². The molecule has 0 aliphatic carbocycles. The molecule has 4 N–H and O–H groups in total. The lowest BCUT2D eigenvalue weighted by molar-refractivity contribution is -0.155. The lowest BCUT2D eigenvalue weighted by Crippen LogP contribution is -2.51. The molecule has 0 spiro atoms. The summed E-state index contributed by atoms with van der Waals surface area (Å²) in [5.74, 6) is -1.37. The van der Waals surface area contributed by atoms with Crippen LogP contribution in [0.15, 0.2) is 0 Å². The van der Waals surface area contributed by atoms with Crippen LogP contribution >= 0.6 is 0 Å². The van der Waals surface area contributed by atoms with Crippen molar-refractivity contribution >= 4 is 12.0 Å². The molecule has 0 saturated carbocycles. The molecule has 1 aliphatic rings. The van der Waals surface area contributed by atoms with Crippen LogP contribution < -0.4 is 10.6 Å². The number of nitrogens with one attached hydrogen (secondary N) is 2. The van der Waals surface area contributed by atoms with Gasteiger partial charge < -0.3 is 25.6 Å². The number of aliphatic hydroxyl groups is 1. The molecule has 0 aromatic carbocycles. The summed E-state index contributed by atoms with van der Waals surface area (Å²) >= 11 is 0. The van der Waals surface area contributed by atoms with E-state index in [0.717, 1.165) is 19.8 Å². The van der Waals surface area contributed by atoms with Crippen molar-refractivity contribution in [1.29, 1.82) is 0 Å².